The minimum atomic E-state index is -0.433. The molecule has 27 heavy (non-hydrogen) atoms. The van der Waals surface area contributed by atoms with Crippen molar-refractivity contribution < 1.29 is 14.3 Å². The molecule has 2 aromatic carbocycles. The summed E-state index contributed by atoms with van der Waals surface area (Å²) in [5.74, 6) is -0.195. The molecule has 7 nitrogen and oxygen atoms in total. The van der Waals surface area contributed by atoms with Gasteiger partial charge in [0.15, 0.2) is 11.5 Å². The molecular formula is C20H18N4O3. The third-order valence-electron chi connectivity index (χ3n) is 3.93. The van der Waals surface area contributed by atoms with Crippen molar-refractivity contribution in [2.24, 2.45) is 0 Å². The highest BCUT2D eigenvalue weighted by molar-refractivity contribution is 6.03. The van der Waals surface area contributed by atoms with E-state index in [2.05, 4.69) is 20.3 Å². The van der Waals surface area contributed by atoms with Gasteiger partial charge in [0.05, 0.1) is 12.7 Å². The number of hydrogen-bond acceptors (Lipinski definition) is 6. The highest BCUT2D eigenvalue weighted by Crippen LogP contribution is 2.20. The van der Waals surface area contributed by atoms with Gasteiger partial charge >= 0.3 is 5.97 Å². The lowest BCUT2D eigenvalue weighted by atomic mass is 10.2. The smallest absolute Gasteiger partial charge is 0.337 e. The van der Waals surface area contributed by atoms with Crippen LogP contribution in [0, 0.1) is 0 Å². The number of anilines is 3. The average Bonchev–Trinajstić information content (AvgIpc) is 2.74. The lowest BCUT2D eigenvalue weighted by molar-refractivity contribution is 0.0600. The maximum atomic E-state index is 12.3. The Bertz CT molecular complexity index is 926. The quantitative estimate of drug-likeness (QED) is 0.701. The fraction of sp³-hybridized carbons (Fsp3) is 0.100. The predicted octanol–water partition coefficient (Wildman–Crippen LogP) is 3.28. The van der Waals surface area contributed by atoms with E-state index in [4.69, 9.17) is 0 Å². The summed E-state index contributed by atoms with van der Waals surface area (Å²) in [6.07, 6.45) is 0. The molecule has 0 fully saturated rings. The Kier molecular flexibility index (Phi) is 5.41. The van der Waals surface area contributed by atoms with Crippen molar-refractivity contribution in [1.29, 1.82) is 0 Å². The van der Waals surface area contributed by atoms with E-state index in [-0.39, 0.29) is 11.6 Å². The molecule has 0 spiro atoms. The minimum Gasteiger partial charge on any atom is -0.465 e. The molecule has 1 aromatic heterocycles. The van der Waals surface area contributed by atoms with E-state index in [0.29, 0.717) is 17.1 Å². The summed E-state index contributed by atoms with van der Waals surface area (Å²) in [7, 11) is 3.19. The highest BCUT2D eigenvalue weighted by atomic mass is 16.5. The van der Waals surface area contributed by atoms with Gasteiger partial charge in [-0.25, -0.2) is 4.79 Å². The predicted molar refractivity (Wildman–Crippen MR) is 102 cm³/mol. The lowest BCUT2D eigenvalue weighted by Gasteiger charge is -2.17. The molecule has 136 valence electrons. The van der Waals surface area contributed by atoms with Crippen molar-refractivity contribution in [2.45, 2.75) is 0 Å². The number of ether oxygens (including phenoxy) is 1. The second-order valence-corrected chi connectivity index (χ2v) is 5.69. The number of para-hydroxylation sites is 1. The molecular weight excluding hydrogens is 344 g/mol. The second kappa shape index (κ2) is 8.09. The van der Waals surface area contributed by atoms with E-state index in [9.17, 15) is 9.59 Å². The molecule has 7 heteroatoms. The van der Waals surface area contributed by atoms with Crippen LogP contribution >= 0.6 is 0 Å². The number of esters is 1. The number of benzene rings is 2. The van der Waals surface area contributed by atoms with Gasteiger partial charge in [-0.3, -0.25) is 4.79 Å². The van der Waals surface area contributed by atoms with Crippen LogP contribution in [0.4, 0.5) is 17.2 Å². The maximum Gasteiger partial charge on any atom is 0.337 e. The maximum absolute atomic E-state index is 12.3. The fourth-order valence-electron chi connectivity index (χ4n) is 2.41. The van der Waals surface area contributed by atoms with Gasteiger partial charge in [-0.05, 0) is 48.5 Å². The van der Waals surface area contributed by atoms with Crippen molar-refractivity contribution in [1.82, 2.24) is 10.2 Å². The van der Waals surface area contributed by atoms with E-state index < -0.39 is 5.97 Å². The molecule has 1 heterocycles. The van der Waals surface area contributed by atoms with Crippen molar-refractivity contribution in [3.63, 3.8) is 0 Å². The summed E-state index contributed by atoms with van der Waals surface area (Å²) < 4.78 is 4.64. The number of carbonyl (C=O) groups excluding carboxylic acids is 2. The number of methoxy groups -OCH3 is 1. The second-order valence-electron chi connectivity index (χ2n) is 5.69. The van der Waals surface area contributed by atoms with E-state index in [1.165, 1.54) is 7.11 Å². The van der Waals surface area contributed by atoms with E-state index >= 15 is 0 Å². The third-order valence-corrected chi connectivity index (χ3v) is 3.93. The van der Waals surface area contributed by atoms with Gasteiger partial charge in [0.2, 0.25) is 0 Å². The molecule has 0 aliphatic rings. The Morgan fingerprint density at radius 1 is 0.926 bits per heavy atom. The summed E-state index contributed by atoms with van der Waals surface area (Å²) in [6.45, 7) is 0. The van der Waals surface area contributed by atoms with Crippen LogP contribution in [0.1, 0.15) is 20.8 Å². The number of nitrogens with zero attached hydrogens (tertiary/aromatic N) is 3. The first-order valence-corrected chi connectivity index (χ1v) is 8.20. The Morgan fingerprint density at radius 2 is 1.63 bits per heavy atom. The SMILES string of the molecule is COC(=O)c1ccc(NC(=O)c2ccc(N(C)c3ccccc3)nn2)cc1. The number of hydrogen-bond donors (Lipinski definition) is 1. The van der Waals surface area contributed by atoms with Gasteiger partial charge in [-0.15, -0.1) is 10.2 Å². The largest absolute Gasteiger partial charge is 0.465 e. The highest BCUT2D eigenvalue weighted by Gasteiger charge is 2.12. The van der Waals surface area contributed by atoms with Crippen LogP contribution in [0.2, 0.25) is 0 Å². The van der Waals surface area contributed by atoms with E-state index in [1.54, 1.807) is 36.4 Å². The molecule has 0 unspecified atom stereocenters. The van der Waals surface area contributed by atoms with Crippen LogP contribution in [0.15, 0.2) is 66.7 Å². The van der Waals surface area contributed by atoms with Crippen molar-refractivity contribution in [2.75, 3.05) is 24.4 Å². The summed E-state index contributed by atoms with van der Waals surface area (Å²) in [5.41, 5.74) is 2.11. The van der Waals surface area contributed by atoms with Crippen LogP contribution in [-0.2, 0) is 4.74 Å². The molecule has 0 aliphatic heterocycles. The van der Waals surface area contributed by atoms with Gasteiger partial charge in [0.1, 0.15) is 0 Å². The number of aromatic nitrogens is 2. The van der Waals surface area contributed by atoms with Crippen LogP contribution < -0.4 is 10.2 Å². The van der Waals surface area contributed by atoms with E-state index in [0.717, 1.165) is 5.69 Å². The first kappa shape index (κ1) is 18.1. The molecule has 3 aromatic rings. The molecule has 0 atom stereocenters. The topological polar surface area (TPSA) is 84.4 Å². The number of carbonyl (C=O) groups is 2. The molecule has 0 radical (unpaired) electrons. The Morgan fingerprint density at radius 3 is 2.22 bits per heavy atom. The number of amides is 1. The van der Waals surface area contributed by atoms with Crippen LogP contribution in [0.25, 0.3) is 0 Å². The van der Waals surface area contributed by atoms with Crippen LogP contribution in [0.5, 0.6) is 0 Å². The summed E-state index contributed by atoms with van der Waals surface area (Å²) in [4.78, 5) is 25.6. The molecule has 0 saturated heterocycles. The summed E-state index contributed by atoms with van der Waals surface area (Å²) >= 11 is 0. The zero-order chi connectivity index (χ0) is 19.2. The van der Waals surface area contributed by atoms with Gasteiger partial charge in [-0.2, -0.15) is 0 Å². The van der Waals surface area contributed by atoms with E-state index in [1.807, 2.05) is 42.3 Å². The molecule has 0 bridgehead atoms. The van der Waals surface area contributed by atoms with Gasteiger partial charge in [0, 0.05) is 18.4 Å². The fourth-order valence-corrected chi connectivity index (χ4v) is 2.41. The zero-order valence-corrected chi connectivity index (χ0v) is 14.9. The third kappa shape index (κ3) is 4.27. The molecule has 3 rings (SSSR count). The first-order chi connectivity index (χ1) is 13.1. The number of rotatable bonds is 5. The summed E-state index contributed by atoms with van der Waals surface area (Å²) in [5, 5.41) is 10.8. The summed E-state index contributed by atoms with van der Waals surface area (Å²) in [6, 6.07) is 19.5. The van der Waals surface area contributed by atoms with Crippen molar-refractivity contribution in [3.05, 3.63) is 78.0 Å². The Hall–Kier alpha value is -3.74. The Balaban J connectivity index is 1.68. The monoisotopic (exact) mass is 362 g/mol. The average molecular weight is 362 g/mol. The van der Waals surface area contributed by atoms with Crippen molar-refractivity contribution in [3.8, 4) is 0 Å². The molecule has 0 aliphatic carbocycles. The van der Waals surface area contributed by atoms with Gasteiger partial charge in [-0.1, -0.05) is 18.2 Å². The van der Waals surface area contributed by atoms with Crippen molar-refractivity contribution >= 4 is 29.1 Å². The Labute approximate surface area is 156 Å². The van der Waals surface area contributed by atoms with Crippen LogP contribution in [-0.4, -0.2) is 36.2 Å². The molecule has 0 saturated carbocycles. The number of nitrogens with one attached hydrogen (secondary N) is 1. The zero-order valence-electron chi connectivity index (χ0n) is 14.9. The standard InChI is InChI=1S/C20H18N4O3/c1-24(16-6-4-3-5-7-16)18-13-12-17(22-23-18)19(25)21-15-10-8-14(9-11-15)20(26)27-2/h3-13H,1-2H3,(H,21,25). The van der Waals surface area contributed by atoms with Gasteiger partial charge in [0.25, 0.3) is 5.91 Å². The van der Waals surface area contributed by atoms with Gasteiger partial charge < -0.3 is 15.0 Å². The normalized spacial score (nSPS) is 10.1. The van der Waals surface area contributed by atoms with Crippen LogP contribution in [0.3, 0.4) is 0 Å². The molecule has 1 amide bonds. The first-order valence-electron chi connectivity index (χ1n) is 8.20. The molecule has 1 N–H and O–H groups in total. The minimum absolute atomic E-state index is 0.192. The lowest BCUT2D eigenvalue weighted by Crippen LogP contribution is -2.17.